The lowest BCUT2D eigenvalue weighted by Gasteiger charge is -2.52. The van der Waals surface area contributed by atoms with E-state index in [2.05, 4.69) is 57.6 Å². The summed E-state index contributed by atoms with van der Waals surface area (Å²) in [5.74, 6) is 0. The Balaban J connectivity index is 1.92. The molecule has 2 unspecified atom stereocenters. The quantitative estimate of drug-likeness (QED) is 0.885. The summed E-state index contributed by atoms with van der Waals surface area (Å²) < 4.78 is 8.03. The highest BCUT2D eigenvalue weighted by molar-refractivity contribution is 5.26. The molecule has 0 aromatic carbocycles. The third-order valence-electron chi connectivity index (χ3n) is 4.96. The van der Waals surface area contributed by atoms with Gasteiger partial charge >= 0.3 is 0 Å². The van der Waals surface area contributed by atoms with Gasteiger partial charge in [-0.15, -0.1) is 0 Å². The van der Waals surface area contributed by atoms with Crippen molar-refractivity contribution in [1.82, 2.24) is 9.88 Å². The summed E-state index contributed by atoms with van der Waals surface area (Å²) in [5, 5.41) is 3.70. The van der Waals surface area contributed by atoms with E-state index in [0.29, 0.717) is 12.1 Å². The van der Waals surface area contributed by atoms with Gasteiger partial charge in [0.25, 0.3) is 0 Å². The predicted molar refractivity (Wildman–Crippen MR) is 79.3 cm³/mol. The standard InChI is InChI=1S/C16H28N2O/c1-7-19-15-9-14(16(15,4)5)17-10-13-8-11(2)18(6)12(13)3/h8,14-15,17H,7,9-10H2,1-6H3. The zero-order valence-corrected chi connectivity index (χ0v) is 13.2. The number of nitrogens with zero attached hydrogens (tertiary/aromatic N) is 1. The Morgan fingerprint density at radius 3 is 2.58 bits per heavy atom. The van der Waals surface area contributed by atoms with Crippen molar-refractivity contribution in [2.75, 3.05) is 6.61 Å². The van der Waals surface area contributed by atoms with Crippen molar-refractivity contribution in [3.63, 3.8) is 0 Å². The largest absolute Gasteiger partial charge is 0.378 e. The maximum absolute atomic E-state index is 5.78. The Kier molecular flexibility index (Phi) is 4.07. The monoisotopic (exact) mass is 264 g/mol. The molecule has 1 saturated carbocycles. The van der Waals surface area contributed by atoms with Crippen molar-refractivity contribution in [1.29, 1.82) is 0 Å². The average Bonchev–Trinajstić information content (AvgIpc) is 2.60. The van der Waals surface area contributed by atoms with Gasteiger partial charge in [-0.1, -0.05) is 13.8 Å². The maximum atomic E-state index is 5.78. The molecule has 1 aromatic rings. The second kappa shape index (κ2) is 5.29. The van der Waals surface area contributed by atoms with E-state index in [1.807, 2.05) is 0 Å². The topological polar surface area (TPSA) is 26.2 Å². The Morgan fingerprint density at radius 1 is 1.42 bits per heavy atom. The van der Waals surface area contributed by atoms with E-state index in [1.165, 1.54) is 17.0 Å². The van der Waals surface area contributed by atoms with Crippen molar-refractivity contribution >= 4 is 0 Å². The summed E-state index contributed by atoms with van der Waals surface area (Å²) in [6, 6.07) is 2.84. The van der Waals surface area contributed by atoms with Gasteiger partial charge in [-0.05, 0) is 38.8 Å². The van der Waals surface area contributed by atoms with Crippen LogP contribution in [0.25, 0.3) is 0 Å². The molecule has 1 aromatic heterocycles. The molecule has 1 fully saturated rings. The Morgan fingerprint density at radius 2 is 2.11 bits per heavy atom. The molecular weight excluding hydrogens is 236 g/mol. The molecule has 1 aliphatic carbocycles. The van der Waals surface area contributed by atoms with Gasteiger partial charge in [0.1, 0.15) is 0 Å². The highest BCUT2D eigenvalue weighted by Gasteiger charge is 2.48. The van der Waals surface area contributed by atoms with E-state index in [0.717, 1.165) is 19.6 Å². The first-order chi connectivity index (χ1) is 8.87. The lowest BCUT2D eigenvalue weighted by Crippen LogP contribution is -2.60. The zero-order chi connectivity index (χ0) is 14.2. The Labute approximate surface area is 117 Å². The smallest absolute Gasteiger partial charge is 0.0655 e. The Hall–Kier alpha value is -0.800. The minimum Gasteiger partial charge on any atom is -0.378 e. The van der Waals surface area contributed by atoms with Crippen LogP contribution in [0, 0.1) is 19.3 Å². The maximum Gasteiger partial charge on any atom is 0.0655 e. The first-order valence-electron chi connectivity index (χ1n) is 7.34. The van der Waals surface area contributed by atoms with Gasteiger partial charge in [0, 0.05) is 43.0 Å². The molecule has 2 rings (SSSR count). The van der Waals surface area contributed by atoms with Gasteiger partial charge in [0.15, 0.2) is 0 Å². The summed E-state index contributed by atoms with van der Waals surface area (Å²) in [5.41, 5.74) is 4.35. The molecule has 3 heteroatoms. The molecule has 108 valence electrons. The summed E-state index contributed by atoms with van der Waals surface area (Å²) in [7, 11) is 2.13. The van der Waals surface area contributed by atoms with E-state index in [4.69, 9.17) is 4.74 Å². The van der Waals surface area contributed by atoms with Crippen molar-refractivity contribution in [2.24, 2.45) is 12.5 Å². The fourth-order valence-electron chi connectivity index (χ4n) is 3.06. The highest BCUT2D eigenvalue weighted by Crippen LogP contribution is 2.42. The number of hydrogen-bond donors (Lipinski definition) is 1. The zero-order valence-electron chi connectivity index (χ0n) is 13.2. The van der Waals surface area contributed by atoms with Crippen LogP contribution in [-0.2, 0) is 18.3 Å². The van der Waals surface area contributed by atoms with Gasteiger partial charge in [-0.3, -0.25) is 0 Å². The summed E-state index contributed by atoms with van der Waals surface area (Å²) >= 11 is 0. The van der Waals surface area contributed by atoms with E-state index >= 15 is 0 Å². The normalized spacial score (nSPS) is 25.4. The molecule has 2 atom stereocenters. The van der Waals surface area contributed by atoms with E-state index in [-0.39, 0.29) is 5.41 Å². The fraction of sp³-hybridized carbons (Fsp3) is 0.750. The van der Waals surface area contributed by atoms with Gasteiger partial charge in [0.2, 0.25) is 0 Å². The number of ether oxygens (including phenoxy) is 1. The first-order valence-corrected chi connectivity index (χ1v) is 7.34. The molecule has 0 spiro atoms. The van der Waals surface area contributed by atoms with E-state index < -0.39 is 0 Å². The van der Waals surface area contributed by atoms with Crippen LogP contribution in [0.3, 0.4) is 0 Å². The summed E-state index contributed by atoms with van der Waals surface area (Å²) in [6.45, 7) is 12.8. The van der Waals surface area contributed by atoms with Crippen LogP contribution in [0.4, 0.5) is 0 Å². The van der Waals surface area contributed by atoms with Crippen LogP contribution in [0.2, 0.25) is 0 Å². The van der Waals surface area contributed by atoms with Crippen LogP contribution in [0.1, 0.15) is 44.1 Å². The molecule has 1 heterocycles. The van der Waals surface area contributed by atoms with Crippen LogP contribution in [0.15, 0.2) is 6.07 Å². The number of rotatable bonds is 5. The van der Waals surface area contributed by atoms with Gasteiger partial charge < -0.3 is 14.6 Å². The lowest BCUT2D eigenvalue weighted by atomic mass is 9.64. The third-order valence-corrected chi connectivity index (χ3v) is 4.96. The molecule has 1 aliphatic rings. The molecule has 0 bridgehead atoms. The predicted octanol–water partition coefficient (Wildman–Crippen LogP) is 2.94. The second-order valence-corrected chi connectivity index (χ2v) is 6.39. The fourth-order valence-corrected chi connectivity index (χ4v) is 3.06. The summed E-state index contributed by atoms with van der Waals surface area (Å²) in [6.07, 6.45) is 1.54. The highest BCUT2D eigenvalue weighted by atomic mass is 16.5. The van der Waals surface area contributed by atoms with Crippen LogP contribution < -0.4 is 5.32 Å². The van der Waals surface area contributed by atoms with Gasteiger partial charge in [0.05, 0.1) is 6.10 Å². The molecule has 19 heavy (non-hydrogen) atoms. The number of aromatic nitrogens is 1. The van der Waals surface area contributed by atoms with Crippen molar-refractivity contribution in [3.05, 3.63) is 23.0 Å². The van der Waals surface area contributed by atoms with Crippen molar-refractivity contribution < 1.29 is 4.74 Å². The number of nitrogens with one attached hydrogen (secondary N) is 1. The first kappa shape index (κ1) is 14.6. The summed E-state index contributed by atoms with van der Waals surface area (Å²) in [4.78, 5) is 0. The molecule has 0 saturated heterocycles. The van der Waals surface area contributed by atoms with Crippen molar-refractivity contribution in [2.45, 2.75) is 59.7 Å². The SMILES string of the molecule is CCOC1CC(NCc2cc(C)n(C)c2C)C1(C)C. The van der Waals surface area contributed by atoms with Crippen LogP contribution in [-0.4, -0.2) is 23.3 Å². The molecular formula is C16H28N2O. The van der Waals surface area contributed by atoms with Gasteiger partial charge in [-0.25, -0.2) is 0 Å². The van der Waals surface area contributed by atoms with Crippen LogP contribution >= 0.6 is 0 Å². The minimum atomic E-state index is 0.244. The second-order valence-electron chi connectivity index (χ2n) is 6.39. The molecule has 0 aliphatic heterocycles. The average molecular weight is 264 g/mol. The molecule has 0 amide bonds. The third kappa shape index (κ3) is 2.59. The van der Waals surface area contributed by atoms with E-state index in [9.17, 15) is 0 Å². The van der Waals surface area contributed by atoms with E-state index in [1.54, 1.807) is 0 Å². The lowest BCUT2D eigenvalue weighted by molar-refractivity contribution is -0.114. The number of hydrogen-bond acceptors (Lipinski definition) is 2. The molecule has 3 nitrogen and oxygen atoms in total. The molecule has 0 radical (unpaired) electrons. The van der Waals surface area contributed by atoms with Gasteiger partial charge in [-0.2, -0.15) is 0 Å². The Bertz CT molecular complexity index is 448. The number of aryl methyl sites for hydroxylation is 1. The molecule has 1 N–H and O–H groups in total. The van der Waals surface area contributed by atoms with Crippen molar-refractivity contribution in [3.8, 4) is 0 Å². The van der Waals surface area contributed by atoms with Crippen LogP contribution in [0.5, 0.6) is 0 Å². The minimum absolute atomic E-state index is 0.244.